The zero-order chi connectivity index (χ0) is 24.0. The minimum atomic E-state index is -0.410. The first-order chi connectivity index (χ1) is 15.9. The molecule has 0 radical (unpaired) electrons. The Morgan fingerprint density at radius 3 is 2.48 bits per heavy atom. The van der Waals surface area contributed by atoms with E-state index < -0.39 is 5.91 Å². The Kier molecular flexibility index (Phi) is 7.50. The zero-order valence-electron chi connectivity index (χ0n) is 19.3. The van der Waals surface area contributed by atoms with Crippen molar-refractivity contribution in [3.8, 4) is 17.2 Å². The van der Waals surface area contributed by atoms with Crippen LogP contribution in [0.1, 0.15) is 44.6 Å². The van der Waals surface area contributed by atoms with Crippen LogP contribution in [0.25, 0.3) is 5.69 Å². The summed E-state index contributed by atoms with van der Waals surface area (Å²) in [4.78, 5) is 25.0. The van der Waals surface area contributed by atoms with Gasteiger partial charge < -0.3 is 18.8 Å². The maximum absolute atomic E-state index is 12.6. The second kappa shape index (κ2) is 10.5. The summed E-state index contributed by atoms with van der Waals surface area (Å²) in [5.41, 5.74) is 6.64. The van der Waals surface area contributed by atoms with Crippen LogP contribution in [0, 0.1) is 13.8 Å². The Bertz CT molecular complexity index is 1200. The number of hydrazone groups is 1. The summed E-state index contributed by atoms with van der Waals surface area (Å²) in [6, 6.07) is 14.1. The van der Waals surface area contributed by atoms with Gasteiger partial charge in [-0.1, -0.05) is 12.1 Å². The molecule has 2 aromatic carbocycles. The molecule has 1 amide bonds. The van der Waals surface area contributed by atoms with Crippen molar-refractivity contribution in [2.24, 2.45) is 5.10 Å². The van der Waals surface area contributed by atoms with Crippen molar-refractivity contribution in [1.29, 1.82) is 0 Å². The first-order valence-corrected chi connectivity index (χ1v) is 10.4. The number of hydrogen-bond donors (Lipinski definition) is 1. The van der Waals surface area contributed by atoms with Gasteiger partial charge in [-0.25, -0.2) is 10.2 Å². The summed E-state index contributed by atoms with van der Waals surface area (Å²) in [6.07, 6.45) is 1.57. The third-order valence-corrected chi connectivity index (χ3v) is 5.13. The first kappa shape index (κ1) is 23.6. The van der Waals surface area contributed by atoms with Gasteiger partial charge in [0, 0.05) is 23.0 Å². The number of nitrogens with one attached hydrogen (secondary N) is 1. The maximum Gasteiger partial charge on any atom is 0.340 e. The molecule has 0 aliphatic rings. The predicted octanol–water partition coefficient (Wildman–Crippen LogP) is 4.05. The molecule has 0 atom stereocenters. The number of carbonyl (C=O) groups is 2. The molecule has 1 heterocycles. The van der Waals surface area contributed by atoms with Gasteiger partial charge in [0.15, 0.2) is 0 Å². The molecule has 1 aromatic heterocycles. The topological polar surface area (TPSA) is 91.2 Å². The number of esters is 1. The summed E-state index contributed by atoms with van der Waals surface area (Å²) in [6.45, 7) is 5.93. The van der Waals surface area contributed by atoms with Gasteiger partial charge in [0.05, 0.1) is 43.9 Å². The minimum absolute atomic E-state index is 0.299. The van der Waals surface area contributed by atoms with Crippen molar-refractivity contribution < 1.29 is 23.8 Å². The maximum atomic E-state index is 12.6. The molecule has 0 aliphatic carbocycles. The lowest BCUT2D eigenvalue weighted by Gasteiger charge is -2.14. The van der Waals surface area contributed by atoms with E-state index >= 15 is 0 Å². The number of nitrogens with zero attached hydrogens (tertiary/aromatic N) is 2. The normalized spacial score (nSPS) is 10.8. The average molecular weight is 450 g/mol. The van der Waals surface area contributed by atoms with Crippen molar-refractivity contribution in [1.82, 2.24) is 9.99 Å². The van der Waals surface area contributed by atoms with E-state index in [2.05, 4.69) is 10.5 Å². The summed E-state index contributed by atoms with van der Waals surface area (Å²) in [5.74, 6) is 0.182. The molecule has 33 heavy (non-hydrogen) atoms. The number of aryl methyl sites for hydroxylation is 1. The van der Waals surface area contributed by atoms with E-state index in [-0.39, 0.29) is 5.97 Å². The van der Waals surface area contributed by atoms with E-state index in [9.17, 15) is 9.59 Å². The van der Waals surface area contributed by atoms with Crippen molar-refractivity contribution in [2.45, 2.75) is 20.8 Å². The number of aromatic nitrogens is 1. The number of hydrogen-bond acceptors (Lipinski definition) is 6. The van der Waals surface area contributed by atoms with Crippen LogP contribution in [0.15, 0.2) is 53.6 Å². The highest BCUT2D eigenvalue weighted by Gasteiger charge is 2.18. The molecular formula is C25H27N3O5. The molecule has 0 aliphatic heterocycles. The van der Waals surface area contributed by atoms with Gasteiger partial charge in [-0.2, -0.15) is 5.10 Å². The smallest absolute Gasteiger partial charge is 0.340 e. The lowest BCUT2D eigenvalue weighted by atomic mass is 10.1. The molecule has 0 spiro atoms. The van der Waals surface area contributed by atoms with Crippen LogP contribution in [0.4, 0.5) is 0 Å². The van der Waals surface area contributed by atoms with Gasteiger partial charge in [-0.05, 0) is 51.1 Å². The van der Waals surface area contributed by atoms with Gasteiger partial charge >= 0.3 is 5.97 Å². The average Bonchev–Trinajstić information content (AvgIpc) is 3.11. The van der Waals surface area contributed by atoms with E-state index in [4.69, 9.17) is 14.2 Å². The van der Waals surface area contributed by atoms with Crippen molar-refractivity contribution in [2.75, 3.05) is 20.8 Å². The van der Waals surface area contributed by atoms with Crippen LogP contribution in [-0.2, 0) is 4.74 Å². The highest BCUT2D eigenvalue weighted by molar-refractivity contribution is 5.98. The zero-order valence-corrected chi connectivity index (χ0v) is 19.3. The lowest BCUT2D eigenvalue weighted by Crippen LogP contribution is -2.18. The fourth-order valence-electron chi connectivity index (χ4n) is 3.55. The molecule has 8 heteroatoms. The summed E-state index contributed by atoms with van der Waals surface area (Å²) in [7, 11) is 3.03. The second-order valence-electron chi connectivity index (χ2n) is 7.16. The van der Waals surface area contributed by atoms with E-state index in [1.54, 1.807) is 50.6 Å². The van der Waals surface area contributed by atoms with Crippen LogP contribution in [0.5, 0.6) is 11.5 Å². The van der Waals surface area contributed by atoms with Crippen molar-refractivity contribution >= 4 is 18.1 Å². The highest BCUT2D eigenvalue weighted by atomic mass is 16.5. The van der Waals surface area contributed by atoms with Crippen LogP contribution in [-0.4, -0.2) is 43.5 Å². The Labute approximate surface area is 192 Å². The lowest BCUT2D eigenvalue weighted by molar-refractivity contribution is 0.0526. The first-order valence-electron chi connectivity index (χ1n) is 10.4. The number of methoxy groups -OCH3 is 2. The molecule has 0 fully saturated rings. The molecule has 0 bridgehead atoms. The molecule has 0 saturated heterocycles. The van der Waals surface area contributed by atoms with Gasteiger partial charge in [0.2, 0.25) is 0 Å². The van der Waals surface area contributed by atoms with Crippen LogP contribution >= 0.6 is 0 Å². The largest absolute Gasteiger partial charge is 0.497 e. The number of rotatable bonds is 8. The second-order valence-corrected chi connectivity index (χ2v) is 7.16. The van der Waals surface area contributed by atoms with E-state index in [0.717, 1.165) is 22.6 Å². The van der Waals surface area contributed by atoms with Crippen molar-refractivity contribution in [3.63, 3.8) is 0 Å². The Hall–Kier alpha value is -4.07. The Balaban J connectivity index is 1.85. The summed E-state index contributed by atoms with van der Waals surface area (Å²) < 4.78 is 17.6. The fraction of sp³-hybridized carbons (Fsp3) is 0.240. The number of ether oxygens (including phenoxy) is 3. The standard InChI is InChI=1S/C25H27N3O5/c1-6-33-25(30)20-9-7-8-10-22(20)28-16(2)13-18(17(28)3)15-26-27-24(29)21-12-11-19(31-4)14-23(21)32-5/h7-15H,6H2,1-5H3,(H,27,29). The molecule has 3 rings (SSSR count). The Morgan fingerprint density at radius 2 is 1.79 bits per heavy atom. The monoisotopic (exact) mass is 449 g/mol. The fourth-order valence-corrected chi connectivity index (χ4v) is 3.55. The minimum Gasteiger partial charge on any atom is -0.497 e. The van der Waals surface area contributed by atoms with Gasteiger partial charge in [-0.15, -0.1) is 0 Å². The van der Waals surface area contributed by atoms with Crippen LogP contribution < -0.4 is 14.9 Å². The van der Waals surface area contributed by atoms with Crippen LogP contribution in [0.3, 0.4) is 0 Å². The van der Waals surface area contributed by atoms with E-state index in [1.165, 1.54) is 7.11 Å². The van der Waals surface area contributed by atoms with E-state index in [0.29, 0.717) is 29.2 Å². The number of para-hydroxylation sites is 1. The summed E-state index contributed by atoms with van der Waals surface area (Å²) >= 11 is 0. The highest BCUT2D eigenvalue weighted by Crippen LogP contribution is 2.25. The number of amides is 1. The molecular weight excluding hydrogens is 422 g/mol. The van der Waals surface area contributed by atoms with Gasteiger partial charge in [-0.3, -0.25) is 4.79 Å². The molecule has 1 N–H and O–H groups in total. The van der Waals surface area contributed by atoms with E-state index in [1.807, 2.05) is 36.6 Å². The SMILES string of the molecule is CCOC(=O)c1ccccc1-n1c(C)cc(C=NNC(=O)c2ccc(OC)cc2OC)c1C. The quantitative estimate of drug-likeness (QED) is 0.318. The predicted molar refractivity (Wildman–Crippen MR) is 126 cm³/mol. The molecule has 3 aromatic rings. The van der Waals surface area contributed by atoms with Crippen LogP contribution in [0.2, 0.25) is 0 Å². The van der Waals surface area contributed by atoms with Crippen molar-refractivity contribution in [3.05, 3.63) is 76.6 Å². The molecule has 0 unspecified atom stereocenters. The third-order valence-electron chi connectivity index (χ3n) is 5.13. The Morgan fingerprint density at radius 1 is 1.03 bits per heavy atom. The molecule has 8 nitrogen and oxygen atoms in total. The number of benzene rings is 2. The van der Waals surface area contributed by atoms with Gasteiger partial charge in [0.25, 0.3) is 5.91 Å². The number of carbonyl (C=O) groups excluding carboxylic acids is 2. The summed E-state index contributed by atoms with van der Waals surface area (Å²) in [5, 5.41) is 4.12. The third kappa shape index (κ3) is 5.06. The molecule has 172 valence electrons. The van der Waals surface area contributed by atoms with Gasteiger partial charge in [0.1, 0.15) is 11.5 Å². The molecule has 0 saturated carbocycles.